The van der Waals surface area contributed by atoms with Crippen LogP contribution in [0.15, 0.2) is 36.9 Å². The maximum atomic E-state index is 12.0. The third-order valence-electron chi connectivity index (χ3n) is 4.04. The quantitative estimate of drug-likeness (QED) is 0.812. The van der Waals surface area contributed by atoms with Crippen LogP contribution in [0.3, 0.4) is 0 Å². The first-order valence-electron chi connectivity index (χ1n) is 8.75. The Morgan fingerprint density at radius 2 is 2.08 bits per heavy atom. The molecular weight excluding hydrogens is 300 g/mol. The summed E-state index contributed by atoms with van der Waals surface area (Å²) in [4.78, 5) is 14.5. The minimum atomic E-state index is -0.0969. The van der Waals surface area contributed by atoms with Crippen molar-refractivity contribution in [3.8, 4) is 5.75 Å². The van der Waals surface area contributed by atoms with Gasteiger partial charge in [-0.3, -0.25) is 4.79 Å². The summed E-state index contributed by atoms with van der Waals surface area (Å²) in [6.07, 6.45) is 3.96. The lowest BCUT2D eigenvalue weighted by Crippen LogP contribution is -2.42. The van der Waals surface area contributed by atoms with Gasteiger partial charge in [-0.25, -0.2) is 0 Å². The number of carbonyl (C=O) groups is 1. The molecule has 1 N–H and O–H groups in total. The van der Waals surface area contributed by atoms with Gasteiger partial charge in [0.2, 0.25) is 0 Å². The summed E-state index contributed by atoms with van der Waals surface area (Å²) in [5, 5.41) is 2.79. The smallest absolute Gasteiger partial charge is 0.251 e. The van der Waals surface area contributed by atoms with E-state index in [1.54, 1.807) is 12.1 Å². The zero-order valence-corrected chi connectivity index (χ0v) is 15.2. The largest absolute Gasteiger partial charge is 0.490 e. The summed E-state index contributed by atoms with van der Waals surface area (Å²) in [7, 11) is 0. The van der Waals surface area contributed by atoms with Crippen LogP contribution in [0.1, 0.15) is 44.0 Å². The van der Waals surface area contributed by atoms with Crippen molar-refractivity contribution < 1.29 is 9.53 Å². The molecule has 1 aliphatic heterocycles. The maximum absolute atomic E-state index is 12.0. The molecule has 1 aromatic carbocycles. The van der Waals surface area contributed by atoms with Gasteiger partial charge in [-0.15, -0.1) is 6.58 Å². The average Bonchev–Trinajstić information content (AvgIpc) is 2.53. The van der Waals surface area contributed by atoms with Gasteiger partial charge in [0.1, 0.15) is 11.9 Å². The minimum absolute atomic E-state index is 0.0969. The number of benzene rings is 1. The van der Waals surface area contributed by atoms with Gasteiger partial charge in [0.25, 0.3) is 5.91 Å². The molecule has 0 unspecified atom stereocenters. The number of likely N-dealkylation sites (tertiary alicyclic amines) is 1. The molecule has 132 valence electrons. The number of nitrogens with zero attached hydrogens (tertiary/aromatic N) is 1. The standard InChI is InChI=1S/C20H30N2O2/c1-5-11-21-19(23)16-7-6-8-18(14-16)24-17-9-12-22(13-10-17)15-20(2,3)4/h5-8,14,17H,1,9-13,15H2,2-4H3,(H,21,23). The van der Waals surface area contributed by atoms with Crippen LogP contribution in [-0.2, 0) is 0 Å². The summed E-state index contributed by atoms with van der Waals surface area (Å²) in [6, 6.07) is 7.41. The van der Waals surface area contributed by atoms with Crippen molar-refractivity contribution in [3.63, 3.8) is 0 Å². The highest BCUT2D eigenvalue weighted by atomic mass is 16.5. The molecule has 1 fully saturated rings. The maximum Gasteiger partial charge on any atom is 0.251 e. The second-order valence-electron chi connectivity index (χ2n) is 7.68. The number of hydrogen-bond acceptors (Lipinski definition) is 3. The van der Waals surface area contributed by atoms with Crippen molar-refractivity contribution in [1.29, 1.82) is 0 Å². The first kappa shape index (κ1) is 18.5. The number of carbonyl (C=O) groups excluding carboxylic acids is 1. The number of rotatable bonds is 6. The number of hydrogen-bond donors (Lipinski definition) is 1. The zero-order valence-electron chi connectivity index (χ0n) is 15.2. The lowest BCUT2D eigenvalue weighted by Gasteiger charge is -2.36. The van der Waals surface area contributed by atoms with E-state index in [1.165, 1.54) is 0 Å². The number of piperidine rings is 1. The van der Waals surface area contributed by atoms with Gasteiger partial charge in [-0.05, 0) is 36.5 Å². The first-order valence-corrected chi connectivity index (χ1v) is 8.75. The normalized spacial score (nSPS) is 16.6. The van der Waals surface area contributed by atoms with Crippen molar-refractivity contribution in [2.24, 2.45) is 5.41 Å². The Balaban J connectivity index is 1.86. The van der Waals surface area contributed by atoms with Crippen LogP contribution in [0.5, 0.6) is 5.75 Å². The lowest BCUT2D eigenvalue weighted by molar-refractivity contribution is 0.0808. The van der Waals surface area contributed by atoms with Crippen molar-refractivity contribution >= 4 is 5.91 Å². The Hall–Kier alpha value is -1.81. The second-order valence-corrected chi connectivity index (χ2v) is 7.68. The lowest BCUT2D eigenvalue weighted by atomic mass is 9.94. The molecule has 1 saturated heterocycles. The van der Waals surface area contributed by atoms with Crippen LogP contribution in [0.25, 0.3) is 0 Å². The summed E-state index contributed by atoms with van der Waals surface area (Å²) in [5.41, 5.74) is 0.959. The van der Waals surface area contributed by atoms with E-state index in [-0.39, 0.29) is 12.0 Å². The molecule has 0 aromatic heterocycles. The van der Waals surface area contributed by atoms with E-state index in [4.69, 9.17) is 4.74 Å². The number of amides is 1. The molecule has 0 spiro atoms. The van der Waals surface area contributed by atoms with Crippen LogP contribution in [0.2, 0.25) is 0 Å². The topological polar surface area (TPSA) is 41.6 Å². The molecule has 1 aromatic rings. The van der Waals surface area contributed by atoms with Crippen molar-refractivity contribution in [1.82, 2.24) is 10.2 Å². The Morgan fingerprint density at radius 1 is 1.38 bits per heavy atom. The van der Waals surface area contributed by atoms with Crippen LogP contribution >= 0.6 is 0 Å². The Labute approximate surface area is 145 Å². The van der Waals surface area contributed by atoms with Gasteiger partial charge in [0.15, 0.2) is 0 Å². The molecule has 1 amide bonds. The van der Waals surface area contributed by atoms with E-state index in [0.717, 1.165) is 38.2 Å². The fourth-order valence-corrected chi connectivity index (χ4v) is 3.03. The summed E-state index contributed by atoms with van der Waals surface area (Å²) in [6.45, 7) is 14.2. The molecule has 24 heavy (non-hydrogen) atoms. The monoisotopic (exact) mass is 330 g/mol. The molecule has 1 aliphatic rings. The Bertz CT molecular complexity index is 555. The van der Waals surface area contributed by atoms with E-state index in [9.17, 15) is 4.79 Å². The van der Waals surface area contributed by atoms with Gasteiger partial charge in [0, 0.05) is 31.7 Å². The average molecular weight is 330 g/mol. The van der Waals surface area contributed by atoms with Crippen LogP contribution < -0.4 is 10.1 Å². The van der Waals surface area contributed by atoms with Crippen molar-refractivity contribution in [2.75, 3.05) is 26.2 Å². The summed E-state index contributed by atoms with van der Waals surface area (Å²) < 4.78 is 6.10. The van der Waals surface area contributed by atoms with Crippen molar-refractivity contribution in [2.45, 2.75) is 39.7 Å². The van der Waals surface area contributed by atoms with Gasteiger partial charge in [-0.2, -0.15) is 0 Å². The molecule has 4 heteroatoms. The highest BCUT2D eigenvalue weighted by molar-refractivity contribution is 5.94. The van der Waals surface area contributed by atoms with Gasteiger partial charge in [-0.1, -0.05) is 32.9 Å². The van der Waals surface area contributed by atoms with Gasteiger partial charge >= 0.3 is 0 Å². The Kier molecular flexibility index (Phi) is 6.44. The van der Waals surface area contributed by atoms with Crippen LogP contribution in [-0.4, -0.2) is 43.1 Å². The van der Waals surface area contributed by atoms with E-state index in [2.05, 4.69) is 37.6 Å². The molecule has 0 saturated carbocycles. The molecule has 0 atom stereocenters. The third-order valence-corrected chi connectivity index (χ3v) is 4.04. The third kappa shape index (κ3) is 6.00. The van der Waals surface area contributed by atoms with E-state index < -0.39 is 0 Å². The highest BCUT2D eigenvalue weighted by Crippen LogP contribution is 2.23. The predicted molar refractivity (Wildman–Crippen MR) is 98.5 cm³/mol. The fraction of sp³-hybridized carbons (Fsp3) is 0.550. The molecule has 0 radical (unpaired) electrons. The summed E-state index contributed by atoms with van der Waals surface area (Å²) >= 11 is 0. The second kappa shape index (κ2) is 8.34. The van der Waals surface area contributed by atoms with Crippen molar-refractivity contribution in [3.05, 3.63) is 42.5 Å². The van der Waals surface area contributed by atoms with E-state index >= 15 is 0 Å². The highest BCUT2D eigenvalue weighted by Gasteiger charge is 2.24. The van der Waals surface area contributed by atoms with Gasteiger partial charge < -0.3 is 15.0 Å². The molecule has 2 rings (SSSR count). The molecule has 0 bridgehead atoms. The SMILES string of the molecule is C=CCNC(=O)c1cccc(OC2CCN(CC(C)(C)C)CC2)c1. The number of ether oxygens (including phenoxy) is 1. The predicted octanol–water partition coefficient (Wildman–Crippen LogP) is 3.49. The molecule has 1 heterocycles. The molecular formula is C20H30N2O2. The van der Waals surface area contributed by atoms with E-state index in [1.807, 2.05) is 18.2 Å². The fourth-order valence-electron chi connectivity index (χ4n) is 3.03. The minimum Gasteiger partial charge on any atom is -0.490 e. The molecule has 4 nitrogen and oxygen atoms in total. The first-order chi connectivity index (χ1) is 11.4. The van der Waals surface area contributed by atoms with Crippen LogP contribution in [0.4, 0.5) is 0 Å². The van der Waals surface area contributed by atoms with E-state index in [0.29, 0.717) is 17.5 Å². The Morgan fingerprint density at radius 3 is 2.71 bits per heavy atom. The zero-order chi connectivity index (χ0) is 17.6. The number of nitrogens with one attached hydrogen (secondary N) is 1. The van der Waals surface area contributed by atoms with Gasteiger partial charge in [0.05, 0.1) is 0 Å². The summed E-state index contributed by atoms with van der Waals surface area (Å²) in [5.74, 6) is 0.677. The molecule has 0 aliphatic carbocycles. The van der Waals surface area contributed by atoms with Crippen LogP contribution in [0, 0.1) is 5.41 Å².